The van der Waals surface area contributed by atoms with Crippen molar-refractivity contribution in [2.45, 2.75) is 43.8 Å². The van der Waals surface area contributed by atoms with Crippen LogP contribution in [0.25, 0.3) is 0 Å². The number of likely N-dealkylation sites (tertiary alicyclic amines) is 1. The lowest BCUT2D eigenvalue weighted by atomic mass is 9.92. The lowest BCUT2D eigenvalue weighted by Gasteiger charge is -2.43. The van der Waals surface area contributed by atoms with Crippen molar-refractivity contribution in [3.8, 4) is 0 Å². The first kappa shape index (κ1) is 16.2. The van der Waals surface area contributed by atoms with Gasteiger partial charge in [0.05, 0.1) is 0 Å². The highest BCUT2D eigenvalue weighted by Gasteiger charge is 2.37. The first-order valence-corrected chi connectivity index (χ1v) is 8.47. The molecule has 3 N–H and O–H groups in total. The minimum absolute atomic E-state index is 0.108. The van der Waals surface area contributed by atoms with E-state index in [1.165, 1.54) is 0 Å². The normalized spacial score (nSPS) is 27.1. The van der Waals surface area contributed by atoms with E-state index in [0.717, 1.165) is 51.0 Å². The summed E-state index contributed by atoms with van der Waals surface area (Å²) in [4.78, 5) is 20.6. The number of carbonyl (C=O) groups is 1. The molecule has 1 aromatic rings. The van der Waals surface area contributed by atoms with Gasteiger partial charge in [0.15, 0.2) is 0 Å². The fourth-order valence-electron chi connectivity index (χ4n) is 3.76. The van der Waals surface area contributed by atoms with Gasteiger partial charge in [0.2, 0.25) is 5.91 Å². The lowest BCUT2D eigenvalue weighted by Crippen LogP contribution is -2.62. The second-order valence-corrected chi connectivity index (χ2v) is 6.66. The number of amides is 1. The summed E-state index contributed by atoms with van der Waals surface area (Å²) in [7, 11) is 2.16. The van der Waals surface area contributed by atoms with E-state index in [9.17, 15) is 4.79 Å². The Morgan fingerprint density at radius 2 is 2.13 bits per heavy atom. The van der Waals surface area contributed by atoms with E-state index in [1.54, 1.807) is 12.4 Å². The largest absolute Gasteiger partial charge is 0.368 e. The zero-order valence-electron chi connectivity index (χ0n) is 13.7. The SMILES string of the molecule is CN1CCC(NC2CCCN(c3[c]cncc3)C2C(N)=O)CC1. The highest BCUT2D eigenvalue weighted by Crippen LogP contribution is 2.25. The van der Waals surface area contributed by atoms with E-state index in [2.05, 4.69) is 33.2 Å². The van der Waals surface area contributed by atoms with Crippen molar-refractivity contribution < 1.29 is 4.79 Å². The van der Waals surface area contributed by atoms with Crippen LogP contribution in [0.15, 0.2) is 18.5 Å². The number of nitrogens with two attached hydrogens (primary N) is 1. The van der Waals surface area contributed by atoms with Crippen LogP contribution in [0.4, 0.5) is 5.69 Å². The molecule has 2 aliphatic heterocycles. The molecular weight excluding hydrogens is 290 g/mol. The van der Waals surface area contributed by atoms with Crippen LogP contribution in [-0.4, -0.2) is 60.6 Å². The molecule has 23 heavy (non-hydrogen) atoms. The Labute approximate surface area is 138 Å². The number of piperidine rings is 2. The Hall–Kier alpha value is -1.66. The predicted octanol–water partition coefficient (Wildman–Crippen LogP) is 0.388. The smallest absolute Gasteiger partial charge is 0.241 e. The van der Waals surface area contributed by atoms with E-state index in [-0.39, 0.29) is 18.0 Å². The molecule has 2 aliphatic rings. The van der Waals surface area contributed by atoms with E-state index in [1.807, 2.05) is 6.07 Å². The number of carbonyl (C=O) groups excluding carboxylic acids is 1. The second kappa shape index (κ2) is 7.27. The van der Waals surface area contributed by atoms with Gasteiger partial charge in [-0.3, -0.25) is 9.78 Å². The third-order valence-corrected chi connectivity index (χ3v) is 5.01. The molecule has 6 heteroatoms. The zero-order chi connectivity index (χ0) is 16.2. The van der Waals surface area contributed by atoms with Crippen LogP contribution in [0.5, 0.6) is 0 Å². The molecule has 0 saturated carbocycles. The first-order chi connectivity index (χ1) is 11.1. The Kier molecular flexibility index (Phi) is 5.13. The van der Waals surface area contributed by atoms with Gasteiger partial charge in [-0.2, -0.15) is 0 Å². The van der Waals surface area contributed by atoms with Gasteiger partial charge in [-0.25, -0.2) is 0 Å². The topological polar surface area (TPSA) is 74.5 Å². The van der Waals surface area contributed by atoms with Crippen LogP contribution in [0.2, 0.25) is 0 Å². The highest BCUT2D eigenvalue weighted by molar-refractivity contribution is 5.84. The van der Waals surface area contributed by atoms with Crippen LogP contribution < -0.4 is 16.0 Å². The maximum atomic E-state index is 12.1. The molecule has 1 amide bonds. The molecule has 6 nitrogen and oxygen atoms in total. The number of anilines is 1. The van der Waals surface area contributed by atoms with Crippen LogP contribution in [0.1, 0.15) is 25.7 Å². The van der Waals surface area contributed by atoms with Gasteiger partial charge in [-0.05, 0) is 51.9 Å². The van der Waals surface area contributed by atoms with Crippen LogP contribution in [0.3, 0.4) is 0 Å². The van der Waals surface area contributed by atoms with Gasteiger partial charge in [0.25, 0.3) is 0 Å². The second-order valence-electron chi connectivity index (χ2n) is 6.66. The fourth-order valence-corrected chi connectivity index (χ4v) is 3.76. The van der Waals surface area contributed by atoms with Gasteiger partial charge in [0.1, 0.15) is 6.04 Å². The zero-order valence-corrected chi connectivity index (χ0v) is 13.7. The molecule has 2 atom stereocenters. The van der Waals surface area contributed by atoms with Gasteiger partial charge in [-0.15, -0.1) is 0 Å². The molecule has 0 bridgehead atoms. The molecule has 2 fully saturated rings. The predicted molar refractivity (Wildman–Crippen MR) is 90.1 cm³/mol. The van der Waals surface area contributed by atoms with Crippen molar-refractivity contribution in [2.24, 2.45) is 5.73 Å². The summed E-state index contributed by atoms with van der Waals surface area (Å²) >= 11 is 0. The highest BCUT2D eigenvalue weighted by atomic mass is 16.1. The third-order valence-electron chi connectivity index (χ3n) is 5.01. The Morgan fingerprint density at radius 3 is 2.78 bits per heavy atom. The summed E-state index contributed by atoms with van der Waals surface area (Å²) in [5, 5.41) is 3.71. The number of hydrogen-bond acceptors (Lipinski definition) is 5. The van der Waals surface area contributed by atoms with E-state index >= 15 is 0 Å². The molecule has 3 heterocycles. The Morgan fingerprint density at radius 1 is 1.35 bits per heavy atom. The number of rotatable bonds is 4. The lowest BCUT2D eigenvalue weighted by molar-refractivity contribution is -0.120. The molecule has 125 valence electrons. The van der Waals surface area contributed by atoms with Crippen molar-refractivity contribution in [2.75, 3.05) is 31.6 Å². The maximum Gasteiger partial charge on any atom is 0.241 e. The average molecular weight is 316 g/mol. The van der Waals surface area contributed by atoms with Crippen LogP contribution in [0, 0.1) is 6.07 Å². The standard InChI is InChI=1S/C17H26N5O/c1-21-11-6-13(7-12-21)20-15-3-2-10-22(16(15)17(18)23)14-4-8-19-9-5-14/h4,8-9,13,15-16,20H,2-3,6-7,10-12H2,1H3,(H2,18,23). The summed E-state index contributed by atoms with van der Waals surface area (Å²) in [6.07, 6.45) is 7.66. The molecule has 0 aliphatic carbocycles. The molecule has 0 aromatic carbocycles. The van der Waals surface area contributed by atoms with Crippen LogP contribution in [-0.2, 0) is 4.79 Å². The van der Waals surface area contributed by atoms with Crippen molar-refractivity contribution in [3.63, 3.8) is 0 Å². The quantitative estimate of drug-likeness (QED) is 0.840. The van der Waals surface area contributed by atoms with Gasteiger partial charge in [-0.1, -0.05) is 0 Å². The van der Waals surface area contributed by atoms with Crippen molar-refractivity contribution in [1.82, 2.24) is 15.2 Å². The number of nitrogens with zero attached hydrogens (tertiary/aromatic N) is 3. The van der Waals surface area contributed by atoms with Gasteiger partial charge >= 0.3 is 0 Å². The maximum absolute atomic E-state index is 12.1. The number of aromatic nitrogens is 1. The summed E-state index contributed by atoms with van der Waals surface area (Å²) in [5.41, 5.74) is 6.66. The monoisotopic (exact) mass is 316 g/mol. The van der Waals surface area contributed by atoms with E-state index < -0.39 is 0 Å². The third kappa shape index (κ3) is 3.82. The van der Waals surface area contributed by atoms with Gasteiger partial charge in [0, 0.05) is 42.8 Å². The van der Waals surface area contributed by atoms with Crippen LogP contribution >= 0.6 is 0 Å². The van der Waals surface area contributed by atoms with Crippen molar-refractivity contribution in [1.29, 1.82) is 0 Å². The summed E-state index contributed by atoms with van der Waals surface area (Å²) in [6.45, 7) is 3.04. The number of hydrogen-bond donors (Lipinski definition) is 2. The van der Waals surface area contributed by atoms with Crippen molar-refractivity contribution >= 4 is 11.6 Å². The molecular formula is C17H26N5O. The van der Waals surface area contributed by atoms with E-state index in [0.29, 0.717) is 6.04 Å². The average Bonchev–Trinajstić information content (AvgIpc) is 2.57. The fraction of sp³-hybridized carbons (Fsp3) is 0.647. The molecule has 2 saturated heterocycles. The molecule has 1 radical (unpaired) electrons. The van der Waals surface area contributed by atoms with E-state index in [4.69, 9.17) is 5.73 Å². The number of nitrogens with one attached hydrogen (secondary N) is 1. The number of pyridine rings is 1. The minimum Gasteiger partial charge on any atom is -0.368 e. The summed E-state index contributed by atoms with van der Waals surface area (Å²) in [5.74, 6) is -0.264. The first-order valence-electron chi connectivity index (χ1n) is 8.47. The Bertz CT molecular complexity index is 515. The molecule has 1 aromatic heterocycles. The molecule has 2 unspecified atom stereocenters. The van der Waals surface area contributed by atoms with Crippen molar-refractivity contribution in [3.05, 3.63) is 24.5 Å². The molecule has 3 rings (SSSR count). The minimum atomic E-state index is -0.318. The number of primary amides is 1. The summed E-state index contributed by atoms with van der Waals surface area (Å²) < 4.78 is 0. The molecule has 0 spiro atoms. The van der Waals surface area contributed by atoms with Gasteiger partial charge < -0.3 is 20.9 Å². The Balaban J connectivity index is 1.72. The summed E-state index contributed by atoms with van der Waals surface area (Å²) in [6, 6.07) is 5.28.